The summed E-state index contributed by atoms with van der Waals surface area (Å²) in [6.45, 7) is 1.12. The minimum atomic E-state index is 0.524. The SMILES string of the molecule is [B]1OCCOO1. The number of hydrogen-bond donors (Lipinski definition) is 0. The van der Waals surface area contributed by atoms with Gasteiger partial charge in [0.1, 0.15) is 6.61 Å². The van der Waals surface area contributed by atoms with E-state index in [2.05, 4.69) is 14.3 Å². The Kier molecular flexibility index (Phi) is 1.49. The molecule has 0 unspecified atom stereocenters. The van der Waals surface area contributed by atoms with Crippen LogP contribution in [0.5, 0.6) is 0 Å². The molecule has 1 aliphatic heterocycles. The molecule has 0 atom stereocenters. The van der Waals surface area contributed by atoms with E-state index in [-0.39, 0.29) is 0 Å². The molecule has 6 heavy (non-hydrogen) atoms. The van der Waals surface area contributed by atoms with Gasteiger partial charge in [-0.3, -0.25) is 4.81 Å². The summed E-state index contributed by atoms with van der Waals surface area (Å²) in [7, 11) is 1.17. The highest BCUT2D eigenvalue weighted by molar-refractivity contribution is 6.17. The third-order valence-corrected chi connectivity index (χ3v) is 0.460. The molecule has 0 bridgehead atoms. The van der Waals surface area contributed by atoms with E-state index in [1.165, 1.54) is 7.69 Å². The summed E-state index contributed by atoms with van der Waals surface area (Å²) in [6.07, 6.45) is 0. The lowest BCUT2D eigenvalue weighted by Crippen LogP contribution is -2.17. The maximum Gasteiger partial charge on any atom is 0.524 e. The lowest BCUT2D eigenvalue weighted by molar-refractivity contribution is -0.244. The zero-order valence-electron chi connectivity index (χ0n) is 3.22. The van der Waals surface area contributed by atoms with E-state index in [0.717, 1.165) is 0 Å². The van der Waals surface area contributed by atoms with E-state index in [1.54, 1.807) is 0 Å². The second-order valence-corrected chi connectivity index (χ2v) is 0.885. The summed E-state index contributed by atoms with van der Waals surface area (Å²) in [5.41, 5.74) is 0. The minimum absolute atomic E-state index is 0.524. The summed E-state index contributed by atoms with van der Waals surface area (Å²) >= 11 is 0. The van der Waals surface area contributed by atoms with Crippen molar-refractivity contribution in [3.8, 4) is 0 Å². The van der Waals surface area contributed by atoms with E-state index in [4.69, 9.17) is 0 Å². The van der Waals surface area contributed by atoms with Crippen molar-refractivity contribution < 1.29 is 14.3 Å². The fraction of sp³-hybridized carbons (Fsp3) is 1.00. The molecular weight excluding hydrogens is 82.8 g/mol. The Morgan fingerprint density at radius 2 is 2.33 bits per heavy atom. The first-order valence-corrected chi connectivity index (χ1v) is 1.72. The zero-order valence-corrected chi connectivity index (χ0v) is 3.22. The first kappa shape index (κ1) is 4.11. The van der Waals surface area contributed by atoms with Gasteiger partial charge in [0.05, 0.1) is 6.61 Å². The van der Waals surface area contributed by atoms with Gasteiger partial charge in [0, 0.05) is 0 Å². The van der Waals surface area contributed by atoms with Gasteiger partial charge in [0.2, 0.25) is 0 Å². The largest absolute Gasteiger partial charge is 0.524 e. The Labute approximate surface area is 36.4 Å². The molecule has 0 aromatic carbocycles. The molecule has 0 amide bonds. The Bertz CT molecular complexity index is 24.3. The van der Waals surface area contributed by atoms with Crippen molar-refractivity contribution in [2.75, 3.05) is 13.2 Å². The minimum Gasteiger partial charge on any atom is -0.409 e. The highest BCUT2D eigenvalue weighted by Crippen LogP contribution is 1.84. The third-order valence-electron chi connectivity index (χ3n) is 0.460. The normalized spacial score (nSPS) is 22.7. The molecule has 1 rings (SSSR count). The first-order valence-electron chi connectivity index (χ1n) is 1.72. The lowest BCUT2D eigenvalue weighted by atomic mass is 10.4. The molecule has 4 heteroatoms. The van der Waals surface area contributed by atoms with Crippen LogP contribution in [-0.2, 0) is 14.3 Å². The summed E-state index contributed by atoms with van der Waals surface area (Å²) in [6, 6.07) is 0. The van der Waals surface area contributed by atoms with Crippen LogP contribution in [-0.4, -0.2) is 20.9 Å². The predicted octanol–water partition coefficient (Wildman–Crippen LogP) is -0.501. The van der Waals surface area contributed by atoms with Crippen LogP contribution in [0, 0.1) is 0 Å². The molecule has 1 aliphatic rings. The lowest BCUT2D eigenvalue weighted by Gasteiger charge is -2.07. The first-order chi connectivity index (χ1) is 3.00. The van der Waals surface area contributed by atoms with Crippen molar-refractivity contribution >= 4 is 7.69 Å². The van der Waals surface area contributed by atoms with Crippen molar-refractivity contribution in [1.29, 1.82) is 0 Å². The van der Waals surface area contributed by atoms with Gasteiger partial charge in [-0.1, -0.05) is 0 Å². The second kappa shape index (κ2) is 2.18. The zero-order chi connectivity index (χ0) is 4.24. The van der Waals surface area contributed by atoms with Crippen LogP contribution in [0.4, 0.5) is 0 Å². The Morgan fingerprint density at radius 3 is 2.50 bits per heavy atom. The molecule has 0 spiro atoms. The maximum atomic E-state index is 4.60. The predicted molar refractivity (Wildman–Crippen MR) is 18.7 cm³/mol. The highest BCUT2D eigenvalue weighted by Gasteiger charge is 2.00. The van der Waals surface area contributed by atoms with Gasteiger partial charge in [-0.25, -0.2) is 4.89 Å². The van der Waals surface area contributed by atoms with Crippen molar-refractivity contribution in [3.05, 3.63) is 0 Å². The standard InChI is InChI=1S/C2H4BO3/c1-2-5-6-3-4-1/h1-2H2. The van der Waals surface area contributed by atoms with Gasteiger partial charge in [-0.05, 0) is 0 Å². The summed E-state index contributed by atoms with van der Waals surface area (Å²) < 4.78 is 4.60. The van der Waals surface area contributed by atoms with Gasteiger partial charge < -0.3 is 4.65 Å². The Morgan fingerprint density at radius 1 is 1.33 bits per heavy atom. The summed E-state index contributed by atoms with van der Waals surface area (Å²) in [4.78, 5) is 8.61. The molecule has 0 N–H and O–H groups in total. The number of hydrogen-bond acceptors (Lipinski definition) is 3. The molecular formula is C2H4BO3. The smallest absolute Gasteiger partial charge is 0.409 e. The van der Waals surface area contributed by atoms with E-state index in [0.29, 0.717) is 13.2 Å². The summed E-state index contributed by atoms with van der Waals surface area (Å²) in [5, 5.41) is 0. The van der Waals surface area contributed by atoms with Crippen molar-refractivity contribution in [3.63, 3.8) is 0 Å². The van der Waals surface area contributed by atoms with E-state index in [9.17, 15) is 0 Å². The average Bonchev–Trinajstić information content (AvgIpc) is 1.72. The van der Waals surface area contributed by atoms with Crippen LogP contribution < -0.4 is 0 Å². The van der Waals surface area contributed by atoms with Crippen LogP contribution in [0.1, 0.15) is 0 Å². The molecule has 0 aromatic rings. The Balaban J connectivity index is 2.00. The van der Waals surface area contributed by atoms with Crippen LogP contribution in [0.15, 0.2) is 0 Å². The van der Waals surface area contributed by atoms with Gasteiger partial charge in [-0.15, -0.1) is 0 Å². The molecule has 0 aromatic heterocycles. The van der Waals surface area contributed by atoms with E-state index < -0.39 is 0 Å². The maximum absolute atomic E-state index is 4.60. The number of rotatable bonds is 0. The van der Waals surface area contributed by atoms with Crippen molar-refractivity contribution in [2.24, 2.45) is 0 Å². The Hall–Kier alpha value is -0.0551. The van der Waals surface area contributed by atoms with Gasteiger partial charge in [0.15, 0.2) is 0 Å². The molecule has 1 heterocycles. The van der Waals surface area contributed by atoms with Crippen LogP contribution >= 0.6 is 0 Å². The highest BCUT2D eigenvalue weighted by atomic mass is 17.2. The molecule has 3 nitrogen and oxygen atoms in total. The van der Waals surface area contributed by atoms with E-state index in [1.807, 2.05) is 0 Å². The van der Waals surface area contributed by atoms with Crippen LogP contribution in [0.2, 0.25) is 0 Å². The van der Waals surface area contributed by atoms with E-state index >= 15 is 0 Å². The molecule has 33 valence electrons. The quantitative estimate of drug-likeness (QED) is 0.294. The topological polar surface area (TPSA) is 27.7 Å². The monoisotopic (exact) mass is 87.0 g/mol. The molecule has 1 saturated heterocycles. The fourth-order valence-corrected chi connectivity index (χ4v) is 0.234. The van der Waals surface area contributed by atoms with Crippen LogP contribution in [0.3, 0.4) is 0 Å². The van der Waals surface area contributed by atoms with Crippen LogP contribution in [0.25, 0.3) is 0 Å². The van der Waals surface area contributed by atoms with Gasteiger partial charge in [-0.2, -0.15) is 0 Å². The third kappa shape index (κ3) is 0.968. The summed E-state index contributed by atoms with van der Waals surface area (Å²) in [5.74, 6) is 0. The van der Waals surface area contributed by atoms with Gasteiger partial charge >= 0.3 is 7.69 Å². The molecule has 1 fully saturated rings. The average molecular weight is 86.9 g/mol. The van der Waals surface area contributed by atoms with Gasteiger partial charge in [0.25, 0.3) is 0 Å². The fourth-order valence-electron chi connectivity index (χ4n) is 0.234. The van der Waals surface area contributed by atoms with Crippen molar-refractivity contribution in [1.82, 2.24) is 0 Å². The van der Waals surface area contributed by atoms with Crippen molar-refractivity contribution in [2.45, 2.75) is 0 Å². The molecule has 0 saturated carbocycles. The second-order valence-electron chi connectivity index (χ2n) is 0.885. The molecule has 1 radical (unpaired) electrons. The molecule has 0 aliphatic carbocycles.